The molecule has 0 aliphatic carbocycles. The number of hydrogen-bond donors (Lipinski definition) is 2. The molecule has 0 spiro atoms. The number of hydrogen-bond acceptors (Lipinski definition) is 5. The van der Waals surface area contributed by atoms with Gasteiger partial charge in [0.2, 0.25) is 0 Å². The van der Waals surface area contributed by atoms with Crippen LogP contribution in [0.15, 0.2) is 23.3 Å². The standard InChI is InChI=1S/C14H22FN5O2S/c1-16-14(18-7-9-23(2,21)22)19-11-5-8-20(10-11)13-12(15)4-3-6-17-13/h3-4,6,11H,5,7-10H2,1-2H3,(H2,16,18,19). The Kier molecular flexibility index (Phi) is 5.75. The molecule has 128 valence electrons. The van der Waals surface area contributed by atoms with Crippen LogP contribution in [0.25, 0.3) is 0 Å². The summed E-state index contributed by atoms with van der Waals surface area (Å²) < 4.78 is 36.0. The van der Waals surface area contributed by atoms with Crippen molar-refractivity contribution < 1.29 is 12.8 Å². The Bertz CT molecular complexity index is 665. The maximum absolute atomic E-state index is 13.8. The van der Waals surface area contributed by atoms with E-state index in [1.165, 1.54) is 12.3 Å². The van der Waals surface area contributed by atoms with Gasteiger partial charge in [-0.3, -0.25) is 4.99 Å². The number of aliphatic imine (C=N–C) groups is 1. The quantitative estimate of drug-likeness (QED) is 0.579. The van der Waals surface area contributed by atoms with E-state index in [9.17, 15) is 12.8 Å². The second kappa shape index (κ2) is 7.58. The topological polar surface area (TPSA) is 86.7 Å². The smallest absolute Gasteiger partial charge is 0.191 e. The summed E-state index contributed by atoms with van der Waals surface area (Å²) in [5.41, 5.74) is 0. The summed E-state index contributed by atoms with van der Waals surface area (Å²) in [5, 5.41) is 6.19. The van der Waals surface area contributed by atoms with Gasteiger partial charge in [0.15, 0.2) is 17.6 Å². The molecular weight excluding hydrogens is 321 g/mol. The number of rotatable bonds is 5. The van der Waals surface area contributed by atoms with Crippen LogP contribution in [0.3, 0.4) is 0 Å². The zero-order valence-corrected chi connectivity index (χ0v) is 14.1. The van der Waals surface area contributed by atoms with Crippen molar-refractivity contribution in [3.63, 3.8) is 0 Å². The molecule has 2 rings (SSSR count). The van der Waals surface area contributed by atoms with Crippen molar-refractivity contribution in [2.45, 2.75) is 12.5 Å². The molecule has 1 aliphatic rings. The van der Waals surface area contributed by atoms with Crippen molar-refractivity contribution in [2.24, 2.45) is 4.99 Å². The highest BCUT2D eigenvalue weighted by atomic mass is 32.2. The van der Waals surface area contributed by atoms with Gasteiger partial charge < -0.3 is 15.5 Å². The molecule has 9 heteroatoms. The van der Waals surface area contributed by atoms with Crippen LogP contribution in [0, 0.1) is 5.82 Å². The van der Waals surface area contributed by atoms with Gasteiger partial charge in [0.05, 0.1) is 5.75 Å². The molecule has 1 saturated heterocycles. The second-order valence-electron chi connectivity index (χ2n) is 5.51. The Morgan fingerprint density at radius 2 is 2.35 bits per heavy atom. The van der Waals surface area contributed by atoms with Crippen LogP contribution in [0.5, 0.6) is 0 Å². The highest BCUT2D eigenvalue weighted by Crippen LogP contribution is 2.20. The molecule has 23 heavy (non-hydrogen) atoms. The zero-order valence-electron chi connectivity index (χ0n) is 13.3. The van der Waals surface area contributed by atoms with E-state index < -0.39 is 9.84 Å². The summed E-state index contributed by atoms with van der Waals surface area (Å²) in [6.45, 7) is 1.61. The predicted octanol–water partition coefficient (Wildman–Crippen LogP) is 0.00900. The number of nitrogens with one attached hydrogen (secondary N) is 2. The first-order chi connectivity index (χ1) is 10.9. The summed E-state index contributed by atoms with van der Waals surface area (Å²) in [7, 11) is -1.38. The average Bonchev–Trinajstić information content (AvgIpc) is 2.93. The van der Waals surface area contributed by atoms with Crippen LogP contribution in [0.2, 0.25) is 0 Å². The molecule has 1 aromatic heterocycles. The molecule has 0 amide bonds. The van der Waals surface area contributed by atoms with E-state index in [4.69, 9.17) is 0 Å². The van der Waals surface area contributed by atoms with Gasteiger partial charge in [0, 0.05) is 45.2 Å². The Morgan fingerprint density at radius 1 is 1.57 bits per heavy atom. The molecule has 2 N–H and O–H groups in total. The first kappa shape index (κ1) is 17.5. The van der Waals surface area contributed by atoms with Gasteiger partial charge >= 0.3 is 0 Å². The number of aromatic nitrogens is 1. The lowest BCUT2D eigenvalue weighted by atomic mass is 10.3. The maximum Gasteiger partial charge on any atom is 0.191 e. The molecule has 0 radical (unpaired) electrons. The fraction of sp³-hybridized carbons (Fsp3) is 0.571. The summed E-state index contributed by atoms with van der Waals surface area (Å²) in [6, 6.07) is 3.06. The van der Waals surface area contributed by atoms with E-state index in [0.717, 1.165) is 6.42 Å². The summed E-state index contributed by atoms with van der Waals surface area (Å²) >= 11 is 0. The van der Waals surface area contributed by atoms with Gasteiger partial charge in [-0.1, -0.05) is 0 Å². The van der Waals surface area contributed by atoms with Crippen LogP contribution in [-0.4, -0.2) is 64.1 Å². The number of pyridine rings is 1. The molecule has 0 saturated carbocycles. The third kappa shape index (κ3) is 5.34. The van der Waals surface area contributed by atoms with E-state index in [1.54, 1.807) is 19.3 Å². The van der Waals surface area contributed by atoms with Gasteiger partial charge in [-0.05, 0) is 18.6 Å². The van der Waals surface area contributed by atoms with Gasteiger partial charge in [-0.25, -0.2) is 17.8 Å². The van der Waals surface area contributed by atoms with E-state index in [2.05, 4.69) is 20.6 Å². The summed E-state index contributed by atoms with van der Waals surface area (Å²) in [5.74, 6) is 0.617. The minimum atomic E-state index is -3.01. The van der Waals surface area contributed by atoms with Crippen molar-refractivity contribution in [1.82, 2.24) is 15.6 Å². The number of guanidine groups is 1. The lowest BCUT2D eigenvalue weighted by molar-refractivity contribution is 0.599. The number of sulfone groups is 1. The predicted molar refractivity (Wildman–Crippen MR) is 89.0 cm³/mol. The van der Waals surface area contributed by atoms with Gasteiger partial charge in [-0.15, -0.1) is 0 Å². The minimum absolute atomic E-state index is 0.0453. The molecule has 1 unspecified atom stereocenters. The molecular formula is C14H22FN5O2S. The Morgan fingerprint density at radius 3 is 3.00 bits per heavy atom. The lowest BCUT2D eigenvalue weighted by Crippen LogP contribution is -2.45. The minimum Gasteiger partial charge on any atom is -0.355 e. The lowest BCUT2D eigenvalue weighted by Gasteiger charge is -2.19. The molecule has 2 heterocycles. The van der Waals surface area contributed by atoms with Crippen LogP contribution < -0.4 is 15.5 Å². The van der Waals surface area contributed by atoms with Crippen LogP contribution in [0.4, 0.5) is 10.2 Å². The van der Waals surface area contributed by atoms with Crippen LogP contribution >= 0.6 is 0 Å². The van der Waals surface area contributed by atoms with Crippen LogP contribution in [-0.2, 0) is 9.84 Å². The molecule has 0 bridgehead atoms. The van der Waals surface area contributed by atoms with Crippen molar-refractivity contribution in [3.8, 4) is 0 Å². The van der Waals surface area contributed by atoms with E-state index in [-0.39, 0.29) is 17.6 Å². The zero-order chi connectivity index (χ0) is 16.9. The van der Waals surface area contributed by atoms with E-state index in [1.807, 2.05) is 4.90 Å². The third-order valence-corrected chi connectivity index (χ3v) is 4.50. The molecule has 0 aromatic carbocycles. The van der Waals surface area contributed by atoms with Crippen LogP contribution in [0.1, 0.15) is 6.42 Å². The fourth-order valence-corrected chi connectivity index (χ4v) is 2.90. The Labute approximate surface area is 135 Å². The van der Waals surface area contributed by atoms with Crippen molar-refractivity contribution in [2.75, 3.05) is 43.6 Å². The van der Waals surface area contributed by atoms with Gasteiger partial charge in [-0.2, -0.15) is 0 Å². The molecule has 7 nitrogen and oxygen atoms in total. The first-order valence-corrected chi connectivity index (χ1v) is 9.45. The highest BCUT2D eigenvalue weighted by molar-refractivity contribution is 7.90. The summed E-state index contributed by atoms with van der Waals surface area (Å²) in [4.78, 5) is 10.0. The van der Waals surface area contributed by atoms with Gasteiger partial charge in [0.1, 0.15) is 9.84 Å². The van der Waals surface area contributed by atoms with E-state index in [0.29, 0.717) is 31.4 Å². The number of nitrogens with zero attached hydrogens (tertiary/aromatic N) is 3. The molecule has 1 aromatic rings. The number of anilines is 1. The molecule has 1 atom stereocenters. The molecule has 1 aliphatic heterocycles. The Balaban J connectivity index is 1.85. The van der Waals surface area contributed by atoms with Crippen molar-refractivity contribution in [1.29, 1.82) is 0 Å². The average molecular weight is 343 g/mol. The van der Waals surface area contributed by atoms with Gasteiger partial charge in [0.25, 0.3) is 0 Å². The molecule has 1 fully saturated rings. The monoisotopic (exact) mass is 343 g/mol. The Hall–Kier alpha value is -1.90. The van der Waals surface area contributed by atoms with Crippen molar-refractivity contribution >= 4 is 21.6 Å². The SMILES string of the molecule is CN=C(NCCS(C)(=O)=O)NC1CCN(c2ncccc2F)C1. The van der Waals surface area contributed by atoms with E-state index >= 15 is 0 Å². The second-order valence-corrected chi connectivity index (χ2v) is 7.77. The fourth-order valence-electron chi connectivity index (χ4n) is 2.42. The largest absolute Gasteiger partial charge is 0.355 e. The normalized spacial score (nSPS) is 19.0. The first-order valence-electron chi connectivity index (χ1n) is 7.39. The summed E-state index contributed by atoms with van der Waals surface area (Å²) in [6.07, 6.45) is 3.59. The third-order valence-electron chi connectivity index (χ3n) is 3.56. The van der Waals surface area contributed by atoms with Crippen molar-refractivity contribution in [3.05, 3.63) is 24.1 Å². The highest BCUT2D eigenvalue weighted by Gasteiger charge is 2.25. The number of halogens is 1. The maximum atomic E-state index is 13.8.